The molecule has 0 radical (unpaired) electrons. The molecule has 0 atom stereocenters. The van der Waals surface area contributed by atoms with E-state index in [1.165, 1.54) is 6.33 Å². The zero-order chi connectivity index (χ0) is 7.56. The highest BCUT2D eigenvalue weighted by molar-refractivity contribution is 4.59. The van der Waals surface area contributed by atoms with Crippen LogP contribution in [0.4, 0.5) is 0 Å². The number of rotatable bonds is 2. The van der Waals surface area contributed by atoms with Crippen LogP contribution in [-0.2, 0) is 6.54 Å². The van der Waals surface area contributed by atoms with Crippen molar-refractivity contribution in [3.8, 4) is 0 Å². The van der Waals surface area contributed by atoms with E-state index in [-0.39, 0.29) is 5.69 Å². The highest BCUT2D eigenvalue weighted by Gasteiger charge is 1.95. The summed E-state index contributed by atoms with van der Waals surface area (Å²) in [6, 6.07) is 0. The Hall–Kier alpha value is -1.06. The third-order valence-corrected chi connectivity index (χ3v) is 1.12. The van der Waals surface area contributed by atoms with Crippen molar-refractivity contribution in [3.05, 3.63) is 16.8 Å². The Morgan fingerprint density at radius 3 is 2.90 bits per heavy atom. The molecule has 0 bridgehead atoms. The molecule has 1 N–H and O–H groups in total. The minimum absolute atomic E-state index is 0.277. The third-order valence-electron chi connectivity index (χ3n) is 1.12. The summed E-state index contributed by atoms with van der Waals surface area (Å²) in [5.41, 5.74) is -0.277. The number of aromatic amines is 1. The van der Waals surface area contributed by atoms with E-state index in [0.717, 1.165) is 6.54 Å². The number of aromatic nitrogens is 3. The predicted octanol–water partition coefficient (Wildman–Crippen LogP) is 0.227. The number of nitrogens with zero attached hydrogens (tertiary/aromatic N) is 2. The molecule has 1 aromatic rings. The molecular formula is C6H11N3O. The van der Waals surface area contributed by atoms with Gasteiger partial charge >= 0.3 is 5.69 Å². The van der Waals surface area contributed by atoms with Crippen LogP contribution >= 0.6 is 0 Å². The molecule has 10 heavy (non-hydrogen) atoms. The Bertz CT molecular complexity index is 247. The van der Waals surface area contributed by atoms with Crippen molar-refractivity contribution >= 4 is 0 Å². The van der Waals surface area contributed by atoms with E-state index < -0.39 is 0 Å². The lowest BCUT2D eigenvalue weighted by molar-refractivity contribution is 0.480. The highest BCUT2D eigenvalue weighted by Crippen LogP contribution is 1.93. The molecule has 0 aliphatic carbocycles. The van der Waals surface area contributed by atoms with Crippen LogP contribution in [0.25, 0.3) is 0 Å². The number of nitrogens with one attached hydrogen (secondary N) is 1. The van der Waals surface area contributed by atoms with Crippen molar-refractivity contribution in [3.63, 3.8) is 0 Å². The number of H-pyrrole nitrogens is 1. The second kappa shape index (κ2) is 2.68. The van der Waals surface area contributed by atoms with E-state index in [0.29, 0.717) is 5.92 Å². The molecule has 1 heterocycles. The lowest BCUT2D eigenvalue weighted by Crippen LogP contribution is -2.09. The largest absolute Gasteiger partial charge is 0.361 e. The van der Waals surface area contributed by atoms with Gasteiger partial charge < -0.3 is 0 Å². The number of hydrogen-bond donors (Lipinski definition) is 1. The van der Waals surface area contributed by atoms with Gasteiger partial charge in [0.25, 0.3) is 0 Å². The minimum Gasteiger partial charge on any atom is -0.273 e. The van der Waals surface area contributed by atoms with Crippen LogP contribution < -0.4 is 5.69 Å². The quantitative estimate of drug-likeness (QED) is 0.640. The molecule has 0 spiro atoms. The molecule has 4 heteroatoms. The fraction of sp³-hybridized carbons (Fsp3) is 0.667. The Kier molecular flexibility index (Phi) is 1.89. The molecule has 0 fully saturated rings. The van der Waals surface area contributed by atoms with Gasteiger partial charge in [0.15, 0.2) is 0 Å². The van der Waals surface area contributed by atoms with E-state index in [2.05, 4.69) is 23.9 Å². The average Bonchev–Trinajstić information content (AvgIpc) is 2.13. The maximum atomic E-state index is 10.5. The van der Waals surface area contributed by atoms with Gasteiger partial charge in [-0.3, -0.25) is 4.68 Å². The smallest absolute Gasteiger partial charge is 0.273 e. The van der Waals surface area contributed by atoms with Crippen LogP contribution in [-0.4, -0.2) is 14.8 Å². The zero-order valence-corrected chi connectivity index (χ0v) is 6.16. The first-order valence-corrected chi connectivity index (χ1v) is 3.30. The van der Waals surface area contributed by atoms with E-state index in [9.17, 15) is 4.79 Å². The van der Waals surface area contributed by atoms with Crippen molar-refractivity contribution < 1.29 is 0 Å². The Morgan fingerprint density at radius 2 is 2.50 bits per heavy atom. The van der Waals surface area contributed by atoms with Crippen LogP contribution in [0, 0.1) is 5.92 Å². The molecular weight excluding hydrogens is 130 g/mol. The molecule has 0 aromatic carbocycles. The average molecular weight is 141 g/mol. The van der Waals surface area contributed by atoms with Crippen molar-refractivity contribution in [2.24, 2.45) is 5.92 Å². The molecule has 0 saturated heterocycles. The van der Waals surface area contributed by atoms with Gasteiger partial charge in [-0.1, -0.05) is 13.8 Å². The van der Waals surface area contributed by atoms with Crippen LogP contribution in [0.15, 0.2) is 11.1 Å². The van der Waals surface area contributed by atoms with Crippen molar-refractivity contribution in [1.82, 2.24) is 14.8 Å². The fourth-order valence-electron chi connectivity index (χ4n) is 0.789. The van der Waals surface area contributed by atoms with Gasteiger partial charge in [0.05, 0.1) is 0 Å². The molecule has 0 aliphatic rings. The van der Waals surface area contributed by atoms with E-state index in [1.54, 1.807) is 4.68 Å². The first kappa shape index (κ1) is 7.05. The van der Waals surface area contributed by atoms with Crippen molar-refractivity contribution in [1.29, 1.82) is 0 Å². The molecule has 1 aromatic heterocycles. The normalized spacial score (nSPS) is 10.7. The SMILES string of the molecule is CC(C)Cn1cnc(=O)[nH]1. The first-order valence-electron chi connectivity index (χ1n) is 3.30. The summed E-state index contributed by atoms with van der Waals surface area (Å²) in [5.74, 6) is 0.532. The standard InChI is InChI=1S/C6H11N3O/c1-5(2)3-9-4-7-6(10)8-9/h4-5H,3H2,1-2H3,(H,8,10). The summed E-state index contributed by atoms with van der Waals surface area (Å²) in [7, 11) is 0. The maximum absolute atomic E-state index is 10.5. The van der Waals surface area contributed by atoms with Gasteiger partial charge in [0.1, 0.15) is 6.33 Å². The monoisotopic (exact) mass is 141 g/mol. The summed E-state index contributed by atoms with van der Waals surface area (Å²) < 4.78 is 1.69. The second-order valence-corrected chi connectivity index (χ2v) is 2.71. The molecule has 0 aliphatic heterocycles. The van der Waals surface area contributed by atoms with Crippen LogP contribution in [0.5, 0.6) is 0 Å². The molecule has 0 unspecified atom stereocenters. The molecule has 0 amide bonds. The van der Waals surface area contributed by atoms with Gasteiger partial charge in [-0.25, -0.2) is 9.89 Å². The van der Waals surface area contributed by atoms with Gasteiger partial charge in [0, 0.05) is 6.54 Å². The number of hydrogen-bond acceptors (Lipinski definition) is 2. The lowest BCUT2D eigenvalue weighted by atomic mass is 10.2. The topological polar surface area (TPSA) is 50.7 Å². The minimum atomic E-state index is -0.277. The van der Waals surface area contributed by atoms with Crippen molar-refractivity contribution in [2.75, 3.05) is 0 Å². The Morgan fingerprint density at radius 1 is 1.80 bits per heavy atom. The van der Waals surface area contributed by atoms with Crippen LogP contribution in [0.1, 0.15) is 13.8 Å². The predicted molar refractivity (Wildman–Crippen MR) is 37.7 cm³/mol. The maximum Gasteiger partial charge on any atom is 0.361 e. The molecule has 0 saturated carbocycles. The summed E-state index contributed by atoms with van der Waals surface area (Å²) in [4.78, 5) is 14.0. The Balaban J connectivity index is 2.67. The van der Waals surface area contributed by atoms with Gasteiger partial charge in [-0.15, -0.1) is 0 Å². The van der Waals surface area contributed by atoms with Gasteiger partial charge in [-0.05, 0) is 5.92 Å². The van der Waals surface area contributed by atoms with Crippen molar-refractivity contribution in [2.45, 2.75) is 20.4 Å². The van der Waals surface area contributed by atoms with E-state index >= 15 is 0 Å². The fourth-order valence-corrected chi connectivity index (χ4v) is 0.789. The molecule has 1 rings (SSSR count). The van der Waals surface area contributed by atoms with E-state index in [1.807, 2.05) is 0 Å². The first-order chi connectivity index (χ1) is 4.68. The van der Waals surface area contributed by atoms with Crippen LogP contribution in [0.2, 0.25) is 0 Å². The second-order valence-electron chi connectivity index (χ2n) is 2.71. The summed E-state index contributed by atoms with van der Waals surface area (Å²) in [6.07, 6.45) is 1.52. The molecule has 4 nitrogen and oxygen atoms in total. The summed E-state index contributed by atoms with van der Waals surface area (Å²) >= 11 is 0. The summed E-state index contributed by atoms with van der Waals surface area (Å²) in [6.45, 7) is 4.98. The molecule has 56 valence electrons. The zero-order valence-electron chi connectivity index (χ0n) is 6.16. The van der Waals surface area contributed by atoms with Gasteiger partial charge in [0.2, 0.25) is 0 Å². The third kappa shape index (κ3) is 1.72. The van der Waals surface area contributed by atoms with Gasteiger partial charge in [-0.2, -0.15) is 4.98 Å². The Labute approximate surface area is 58.9 Å². The van der Waals surface area contributed by atoms with Crippen LogP contribution in [0.3, 0.4) is 0 Å². The van der Waals surface area contributed by atoms with E-state index in [4.69, 9.17) is 0 Å². The summed E-state index contributed by atoms with van der Waals surface area (Å²) in [5, 5.41) is 2.56. The lowest BCUT2D eigenvalue weighted by Gasteiger charge is -2.02. The highest BCUT2D eigenvalue weighted by atomic mass is 16.1.